The Kier molecular flexibility index (Phi) is 1.92. The first-order valence-corrected chi connectivity index (χ1v) is 4.59. The molecule has 0 unspecified atom stereocenters. The summed E-state index contributed by atoms with van der Waals surface area (Å²) in [5, 5.41) is 1.07. The van der Waals surface area contributed by atoms with Gasteiger partial charge < -0.3 is 4.42 Å². The van der Waals surface area contributed by atoms with Crippen LogP contribution in [0.5, 0.6) is 0 Å². The summed E-state index contributed by atoms with van der Waals surface area (Å²) >= 11 is 0. The largest absolute Gasteiger partial charge is 0.453 e. The molecule has 0 spiro atoms. The number of aldehydes is 1. The molecular formula is C12H12O2. The van der Waals surface area contributed by atoms with Gasteiger partial charge in [0.1, 0.15) is 5.58 Å². The molecule has 2 heteroatoms. The van der Waals surface area contributed by atoms with Gasteiger partial charge in [-0.3, -0.25) is 4.79 Å². The Bertz CT molecular complexity index is 507. The minimum atomic E-state index is 0.439. The molecule has 0 amide bonds. The van der Waals surface area contributed by atoms with E-state index in [1.54, 1.807) is 0 Å². The molecule has 0 bridgehead atoms. The minimum Gasteiger partial charge on any atom is -0.453 e. The van der Waals surface area contributed by atoms with E-state index in [-0.39, 0.29) is 0 Å². The lowest BCUT2D eigenvalue weighted by molar-refractivity contribution is 0.110. The van der Waals surface area contributed by atoms with Gasteiger partial charge in [0, 0.05) is 10.9 Å². The maximum atomic E-state index is 10.7. The van der Waals surface area contributed by atoms with Gasteiger partial charge in [-0.15, -0.1) is 0 Å². The molecule has 0 N–H and O–H groups in total. The molecule has 0 saturated carbocycles. The van der Waals surface area contributed by atoms with Crippen molar-refractivity contribution in [1.82, 2.24) is 0 Å². The van der Waals surface area contributed by atoms with Gasteiger partial charge in [-0.25, -0.2) is 0 Å². The third-order valence-electron chi connectivity index (χ3n) is 2.52. The van der Waals surface area contributed by atoms with Crippen molar-refractivity contribution >= 4 is 17.3 Å². The molecule has 1 aromatic heterocycles. The van der Waals surface area contributed by atoms with Crippen molar-refractivity contribution in [1.29, 1.82) is 0 Å². The molecule has 0 fully saturated rings. The van der Waals surface area contributed by atoms with Gasteiger partial charge in [-0.1, -0.05) is 6.07 Å². The van der Waals surface area contributed by atoms with Gasteiger partial charge in [-0.05, 0) is 38.0 Å². The van der Waals surface area contributed by atoms with Crippen molar-refractivity contribution < 1.29 is 9.21 Å². The first-order valence-electron chi connectivity index (χ1n) is 4.59. The van der Waals surface area contributed by atoms with Gasteiger partial charge in [0.25, 0.3) is 0 Å². The van der Waals surface area contributed by atoms with Crippen LogP contribution in [0.2, 0.25) is 0 Å². The van der Waals surface area contributed by atoms with Crippen LogP contribution in [0.3, 0.4) is 0 Å². The van der Waals surface area contributed by atoms with E-state index in [0.717, 1.165) is 33.9 Å². The number of carbonyl (C=O) groups excluding carboxylic acids is 1. The molecule has 2 aromatic rings. The summed E-state index contributed by atoms with van der Waals surface area (Å²) in [7, 11) is 0. The number of furan rings is 1. The molecule has 72 valence electrons. The number of hydrogen-bond donors (Lipinski definition) is 0. The van der Waals surface area contributed by atoms with Crippen LogP contribution in [0.25, 0.3) is 11.0 Å². The van der Waals surface area contributed by atoms with Crippen LogP contribution in [0.15, 0.2) is 16.5 Å². The van der Waals surface area contributed by atoms with Crippen LogP contribution in [0.1, 0.15) is 27.2 Å². The van der Waals surface area contributed by atoms with Crippen LogP contribution in [-0.4, -0.2) is 6.29 Å². The third-order valence-corrected chi connectivity index (χ3v) is 2.52. The highest BCUT2D eigenvalue weighted by molar-refractivity contribution is 5.91. The van der Waals surface area contributed by atoms with Gasteiger partial charge in [0.2, 0.25) is 0 Å². The number of fused-ring (bicyclic) bond motifs is 1. The summed E-state index contributed by atoms with van der Waals surface area (Å²) in [6.45, 7) is 5.97. The maximum Gasteiger partial charge on any atom is 0.185 e. The SMILES string of the molecule is Cc1cc(C)c2c(C)c(C=O)oc2c1. The maximum absolute atomic E-state index is 10.7. The quantitative estimate of drug-likeness (QED) is 0.643. The normalized spacial score (nSPS) is 10.8. The molecule has 14 heavy (non-hydrogen) atoms. The monoisotopic (exact) mass is 188 g/mol. The van der Waals surface area contributed by atoms with E-state index >= 15 is 0 Å². The average Bonchev–Trinajstić information content (AvgIpc) is 2.42. The predicted octanol–water partition coefficient (Wildman–Crippen LogP) is 3.17. The van der Waals surface area contributed by atoms with Gasteiger partial charge in [0.05, 0.1) is 0 Å². The molecular weight excluding hydrogens is 176 g/mol. The van der Waals surface area contributed by atoms with Crippen molar-refractivity contribution in [3.8, 4) is 0 Å². The number of carbonyl (C=O) groups is 1. The molecule has 0 radical (unpaired) electrons. The molecule has 2 nitrogen and oxygen atoms in total. The second kappa shape index (κ2) is 2.98. The predicted molar refractivity (Wildman–Crippen MR) is 55.8 cm³/mol. The standard InChI is InChI=1S/C12H12O2/c1-7-4-8(2)12-9(3)11(6-13)14-10(12)5-7/h4-6H,1-3H3. The zero-order valence-electron chi connectivity index (χ0n) is 8.55. The molecule has 1 aromatic carbocycles. The Hall–Kier alpha value is -1.57. The second-order valence-electron chi connectivity index (χ2n) is 3.66. The molecule has 0 atom stereocenters. The molecule has 0 aliphatic carbocycles. The minimum absolute atomic E-state index is 0.439. The molecule has 0 saturated heterocycles. The Balaban J connectivity index is 2.92. The summed E-state index contributed by atoms with van der Waals surface area (Å²) in [5.74, 6) is 0.439. The second-order valence-corrected chi connectivity index (χ2v) is 3.66. The fraction of sp³-hybridized carbons (Fsp3) is 0.250. The van der Waals surface area contributed by atoms with Crippen LogP contribution in [0.4, 0.5) is 0 Å². The first kappa shape index (κ1) is 9.00. The van der Waals surface area contributed by atoms with Crippen LogP contribution < -0.4 is 0 Å². The highest BCUT2D eigenvalue weighted by Crippen LogP contribution is 2.28. The van der Waals surface area contributed by atoms with Crippen LogP contribution in [-0.2, 0) is 0 Å². The lowest BCUT2D eigenvalue weighted by Crippen LogP contribution is -1.81. The van der Waals surface area contributed by atoms with Crippen LogP contribution in [0, 0.1) is 20.8 Å². The zero-order valence-corrected chi connectivity index (χ0v) is 8.55. The summed E-state index contributed by atoms with van der Waals surface area (Å²) in [6.07, 6.45) is 0.768. The number of rotatable bonds is 1. The Morgan fingerprint density at radius 2 is 1.93 bits per heavy atom. The fourth-order valence-corrected chi connectivity index (χ4v) is 1.92. The number of benzene rings is 1. The lowest BCUT2D eigenvalue weighted by Gasteiger charge is -1.98. The van der Waals surface area contributed by atoms with Crippen molar-refractivity contribution in [3.05, 3.63) is 34.6 Å². The fourth-order valence-electron chi connectivity index (χ4n) is 1.92. The van der Waals surface area contributed by atoms with Crippen molar-refractivity contribution in [2.75, 3.05) is 0 Å². The van der Waals surface area contributed by atoms with E-state index in [2.05, 4.69) is 6.07 Å². The summed E-state index contributed by atoms with van der Waals surface area (Å²) < 4.78 is 5.44. The van der Waals surface area contributed by atoms with Crippen molar-refractivity contribution in [2.24, 2.45) is 0 Å². The van der Waals surface area contributed by atoms with Crippen LogP contribution >= 0.6 is 0 Å². The van der Waals surface area contributed by atoms with Gasteiger partial charge >= 0.3 is 0 Å². The lowest BCUT2D eigenvalue weighted by atomic mass is 10.0. The Labute approximate surface area is 82.5 Å². The van der Waals surface area contributed by atoms with E-state index in [9.17, 15) is 4.79 Å². The van der Waals surface area contributed by atoms with Crippen molar-refractivity contribution in [2.45, 2.75) is 20.8 Å². The molecule has 0 aliphatic heterocycles. The number of hydrogen-bond acceptors (Lipinski definition) is 2. The molecule has 1 heterocycles. The first-order chi connectivity index (χ1) is 6.63. The van der Waals surface area contributed by atoms with E-state index in [4.69, 9.17) is 4.42 Å². The Morgan fingerprint density at radius 3 is 2.57 bits per heavy atom. The molecule has 0 aliphatic rings. The van der Waals surface area contributed by atoms with Gasteiger partial charge in [-0.2, -0.15) is 0 Å². The Morgan fingerprint density at radius 1 is 1.21 bits per heavy atom. The van der Waals surface area contributed by atoms with E-state index in [0.29, 0.717) is 5.76 Å². The summed E-state index contributed by atoms with van der Waals surface area (Å²) in [6, 6.07) is 4.06. The zero-order chi connectivity index (χ0) is 10.3. The van der Waals surface area contributed by atoms with E-state index < -0.39 is 0 Å². The third kappa shape index (κ3) is 1.15. The summed E-state index contributed by atoms with van der Waals surface area (Å²) in [5.41, 5.74) is 4.06. The summed E-state index contributed by atoms with van der Waals surface area (Å²) in [4.78, 5) is 10.7. The molecule has 2 rings (SSSR count). The number of aryl methyl sites for hydroxylation is 3. The van der Waals surface area contributed by atoms with E-state index in [1.807, 2.05) is 26.8 Å². The van der Waals surface area contributed by atoms with Crippen molar-refractivity contribution in [3.63, 3.8) is 0 Å². The smallest absolute Gasteiger partial charge is 0.185 e. The highest BCUT2D eigenvalue weighted by Gasteiger charge is 2.11. The topological polar surface area (TPSA) is 30.2 Å². The van der Waals surface area contributed by atoms with E-state index in [1.165, 1.54) is 0 Å². The highest BCUT2D eigenvalue weighted by atomic mass is 16.3. The van der Waals surface area contributed by atoms with Gasteiger partial charge in [0.15, 0.2) is 12.0 Å². The average molecular weight is 188 g/mol.